The van der Waals surface area contributed by atoms with E-state index in [0.29, 0.717) is 23.4 Å². The second kappa shape index (κ2) is 10.0. The molecule has 2 aliphatic carbocycles. The van der Waals surface area contributed by atoms with Crippen LogP contribution in [0.2, 0.25) is 0 Å². The number of benzene rings is 3. The number of fused-ring (bicyclic) bond motifs is 4. The molecule has 3 aromatic carbocycles. The van der Waals surface area contributed by atoms with Crippen molar-refractivity contribution in [1.82, 2.24) is 0 Å². The molecular formula is C36H32N2O6. The van der Waals surface area contributed by atoms with Gasteiger partial charge in [0.25, 0.3) is 0 Å². The van der Waals surface area contributed by atoms with Crippen molar-refractivity contribution in [3.8, 4) is 11.5 Å². The summed E-state index contributed by atoms with van der Waals surface area (Å²) in [5.41, 5.74) is 2.28. The Morgan fingerprint density at radius 3 is 2.27 bits per heavy atom. The van der Waals surface area contributed by atoms with Gasteiger partial charge in [0.05, 0.1) is 41.7 Å². The first-order chi connectivity index (χ1) is 21.2. The number of aromatic hydroxyl groups is 1. The number of allylic oxidation sites excluding steroid dienone is 2. The molecule has 4 aliphatic rings. The summed E-state index contributed by atoms with van der Waals surface area (Å²) in [6.07, 6.45) is 4.32. The van der Waals surface area contributed by atoms with Gasteiger partial charge in [-0.2, -0.15) is 0 Å². The Morgan fingerprint density at radius 2 is 1.59 bits per heavy atom. The van der Waals surface area contributed by atoms with Crippen LogP contribution in [0.4, 0.5) is 11.4 Å². The molecule has 2 aliphatic heterocycles. The maximum atomic E-state index is 14.4. The predicted molar refractivity (Wildman–Crippen MR) is 165 cm³/mol. The van der Waals surface area contributed by atoms with Crippen molar-refractivity contribution in [2.45, 2.75) is 25.7 Å². The first-order valence-electron chi connectivity index (χ1n) is 14.8. The molecule has 0 radical (unpaired) electrons. The van der Waals surface area contributed by atoms with Gasteiger partial charge in [-0.3, -0.25) is 24.1 Å². The van der Waals surface area contributed by atoms with Gasteiger partial charge in [0, 0.05) is 5.92 Å². The number of imide groups is 2. The number of rotatable bonds is 5. The van der Waals surface area contributed by atoms with Crippen LogP contribution in [0.15, 0.2) is 91.0 Å². The number of phenolic OH excluding ortho intramolecular Hbond substituents is 1. The monoisotopic (exact) mass is 588 g/mol. The Morgan fingerprint density at radius 1 is 0.886 bits per heavy atom. The van der Waals surface area contributed by atoms with Crippen molar-refractivity contribution < 1.29 is 29.0 Å². The van der Waals surface area contributed by atoms with E-state index in [2.05, 4.69) is 6.58 Å². The number of para-hydroxylation sites is 1. The van der Waals surface area contributed by atoms with Crippen LogP contribution in [0.1, 0.15) is 36.8 Å². The summed E-state index contributed by atoms with van der Waals surface area (Å²) in [6.45, 7) is 5.61. The van der Waals surface area contributed by atoms with Crippen LogP contribution in [0, 0.1) is 29.1 Å². The second-order valence-electron chi connectivity index (χ2n) is 12.2. The Balaban J connectivity index is 1.36. The van der Waals surface area contributed by atoms with Gasteiger partial charge in [-0.1, -0.05) is 60.7 Å². The third kappa shape index (κ3) is 3.76. The number of carbonyl (C=O) groups excluding carboxylic acids is 4. The predicted octanol–water partition coefficient (Wildman–Crippen LogP) is 5.48. The number of nitrogens with zero attached hydrogens (tertiary/aromatic N) is 2. The lowest BCUT2D eigenvalue weighted by atomic mass is 9.51. The highest BCUT2D eigenvalue weighted by molar-refractivity contribution is 6.25. The third-order valence-electron chi connectivity index (χ3n) is 10.2. The molecule has 44 heavy (non-hydrogen) atoms. The van der Waals surface area contributed by atoms with Gasteiger partial charge in [-0.05, 0) is 73.2 Å². The highest BCUT2D eigenvalue weighted by Crippen LogP contribution is 2.64. The van der Waals surface area contributed by atoms with Gasteiger partial charge in [-0.25, -0.2) is 4.90 Å². The van der Waals surface area contributed by atoms with Gasteiger partial charge in [0.15, 0.2) is 11.5 Å². The Hall–Kier alpha value is -4.98. The van der Waals surface area contributed by atoms with E-state index in [1.807, 2.05) is 31.2 Å². The first kappa shape index (κ1) is 27.8. The van der Waals surface area contributed by atoms with E-state index in [1.165, 1.54) is 23.0 Å². The van der Waals surface area contributed by atoms with Crippen molar-refractivity contribution in [3.05, 3.63) is 102 Å². The summed E-state index contributed by atoms with van der Waals surface area (Å²) >= 11 is 0. The zero-order valence-corrected chi connectivity index (χ0v) is 24.5. The molecule has 0 bridgehead atoms. The Kier molecular flexibility index (Phi) is 6.35. The van der Waals surface area contributed by atoms with E-state index in [0.717, 1.165) is 11.1 Å². The molecule has 3 aromatic rings. The van der Waals surface area contributed by atoms with Gasteiger partial charge < -0.3 is 9.84 Å². The summed E-state index contributed by atoms with van der Waals surface area (Å²) in [4.78, 5) is 59.2. The summed E-state index contributed by atoms with van der Waals surface area (Å²) in [5.74, 6) is -3.94. The van der Waals surface area contributed by atoms with Crippen LogP contribution < -0.4 is 14.5 Å². The Bertz CT molecular complexity index is 1760. The van der Waals surface area contributed by atoms with Crippen molar-refractivity contribution in [2.24, 2.45) is 29.1 Å². The normalized spacial score (nSPS) is 29.2. The smallest absolute Gasteiger partial charge is 0.241 e. The Labute approximate surface area is 255 Å². The van der Waals surface area contributed by atoms with E-state index in [4.69, 9.17) is 4.74 Å². The number of amides is 4. The van der Waals surface area contributed by atoms with Crippen molar-refractivity contribution in [2.75, 3.05) is 16.9 Å². The van der Waals surface area contributed by atoms with Crippen molar-refractivity contribution in [3.63, 3.8) is 0 Å². The minimum atomic E-state index is -1.17. The lowest BCUT2D eigenvalue weighted by molar-refractivity contribution is -0.131. The summed E-state index contributed by atoms with van der Waals surface area (Å²) in [7, 11) is 1.46. The molecular weight excluding hydrogens is 556 g/mol. The summed E-state index contributed by atoms with van der Waals surface area (Å²) < 4.78 is 5.43. The van der Waals surface area contributed by atoms with Gasteiger partial charge in [0.2, 0.25) is 23.6 Å². The van der Waals surface area contributed by atoms with Crippen molar-refractivity contribution >= 4 is 41.1 Å². The molecule has 1 N–H and O–H groups in total. The molecule has 3 fully saturated rings. The summed E-state index contributed by atoms with van der Waals surface area (Å²) in [5, 5.41) is 10.4. The van der Waals surface area contributed by atoms with Crippen LogP contribution in [0.3, 0.4) is 0 Å². The quantitative estimate of drug-likeness (QED) is 0.313. The van der Waals surface area contributed by atoms with Crippen molar-refractivity contribution in [1.29, 1.82) is 0 Å². The fourth-order valence-electron chi connectivity index (χ4n) is 8.11. The number of hydrogen-bond acceptors (Lipinski definition) is 6. The average Bonchev–Trinajstić information content (AvgIpc) is 3.41. The molecule has 222 valence electrons. The number of anilines is 2. The van der Waals surface area contributed by atoms with Crippen LogP contribution in [-0.4, -0.2) is 35.8 Å². The molecule has 0 spiro atoms. The standard InChI is InChI=1S/C36H32N2O6/c1-4-20-10-13-23(14-11-20)37-32(40)25-16-15-24-26(30(25)34(37)42)19-27-33(41)38(22-8-6-5-7-9-22)35(43)36(27,2)31(24)21-12-17-28(39)29(18-21)44-3/h4-15,17-18,25-27,30-31,39H,1,16,19H2,2-3H3/t25-,26+,27-,30-,31-,36+/m0/s1. The molecule has 6 atom stereocenters. The average molecular weight is 589 g/mol. The molecule has 2 saturated heterocycles. The molecule has 7 rings (SSSR count). The molecule has 0 unspecified atom stereocenters. The number of methoxy groups -OCH3 is 1. The number of hydrogen-bond donors (Lipinski definition) is 1. The van der Waals surface area contributed by atoms with Crippen LogP contribution in [0.5, 0.6) is 11.5 Å². The van der Waals surface area contributed by atoms with E-state index < -0.39 is 35.0 Å². The highest BCUT2D eigenvalue weighted by Gasteiger charge is 2.67. The zero-order chi connectivity index (χ0) is 30.9. The molecule has 8 nitrogen and oxygen atoms in total. The molecule has 2 heterocycles. The first-order valence-corrected chi connectivity index (χ1v) is 14.8. The van der Waals surface area contributed by atoms with Gasteiger partial charge >= 0.3 is 0 Å². The fourth-order valence-corrected chi connectivity index (χ4v) is 8.11. The minimum absolute atomic E-state index is 0.0441. The van der Waals surface area contributed by atoms with E-state index in [1.54, 1.807) is 54.6 Å². The number of carbonyl (C=O) groups is 4. The van der Waals surface area contributed by atoms with Crippen LogP contribution >= 0.6 is 0 Å². The van der Waals surface area contributed by atoms with E-state index in [-0.39, 0.29) is 41.5 Å². The maximum Gasteiger partial charge on any atom is 0.241 e. The molecule has 1 saturated carbocycles. The largest absolute Gasteiger partial charge is 0.504 e. The lowest BCUT2D eigenvalue weighted by Crippen LogP contribution is -2.48. The fraction of sp³-hybridized carbons (Fsp3) is 0.278. The minimum Gasteiger partial charge on any atom is -0.504 e. The lowest BCUT2D eigenvalue weighted by Gasteiger charge is -2.49. The van der Waals surface area contributed by atoms with E-state index >= 15 is 0 Å². The highest BCUT2D eigenvalue weighted by atomic mass is 16.5. The molecule has 4 amide bonds. The number of phenols is 1. The van der Waals surface area contributed by atoms with Crippen LogP contribution in [0.25, 0.3) is 6.08 Å². The van der Waals surface area contributed by atoms with Crippen LogP contribution in [-0.2, 0) is 19.2 Å². The maximum absolute atomic E-state index is 14.4. The van der Waals surface area contributed by atoms with Gasteiger partial charge in [0.1, 0.15) is 0 Å². The summed E-state index contributed by atoms with van der Waals surface area (Å²) in [6, 6.07) is 21.0. The number of ether oxygens (including phenoxy) is 1. The van der Waals surface area contributed by atoms with Gasteiger partial charge in [-0.15, -0.1) is 0 Å². The second-order valence-corrected chi connectivity index (χ2v) is 12.2. The van der Waals surface area contributed by atoms with E-state index in [9.17, 15) is 24.3 Å². The zero-order valence-electron chi connectivity index (χ0n) is 24.5. The third-order valence-corrected chi connectivity index (χ3v) is 10.2. The SMILES string of the molecule is C=Cc1ccc(N2C(=O)[C@H]3[C@H](CC=C4[C@H]3C[C@H]3C(=O)N(c5ccccc5)C(=O)[C@@]3(C)[C@H]4c3ccc(O)c(OC)c3)C2=O)cc1. The molecule has 0 aromatic heterocycles. The topological polar surface area (TPSA) is 104 Å². The molecule has 8 heteroatoms.